The number of hydrogen-bond acceptors (Lipinski definition) is 5. The number of carbonyl (C=O) groups is 2. The lowest BCUT2D eigenvalue weighted by Gasteiger charge is -2.31. The predicted octanol–water partition coefficient (Wildman–Crippen LogP) is 0.635. The molecule has 1 aromatic heterocycles. The number of piperazine rings is 1. The molecule has 0 aromatic carbocycles. The smallest absolute Gasteiger partial charge is 0.275 e. The molecule has 1 aromatic rings. The highest BCUT2D eigenvalue weighted by Crippen LogP contribution is 2.21. The molecule has 2 N–H and O–H groups in total. The van der Waals surface area contributed by atoms with Crippen molar-refractivity contribution in [1.29, 1.82) is 0 Å². The van der Waals surface area contributed by atoms with E-state index in [1.165, 1.54) is 6.26 Å². The Bertz CT molecular complexity index is 494. The van der Waals surface area contributed by atoms with E-state index in [4.69, 9.17) is 10.2 Å². The Morgan fingerprint density at radius 1 is 1.48 bits per heavy atom. The summed E-state index contributed by atoms with van der Waals surface area (Å²) in [6.45, 7) is 6.19. The van der Waals surface area contributed by atoms with E-state index < -0.39 is 0 Å². The van der Waals surface area contributed by atoms with Crippen molar-refractivity contribution < 1.29 is 14.0 Å². The number of oxazole rings is 1. The highest BCUT2D eigenvalue weighted by Gasteiger charge is 2.25. The summed E-state index contributed by atoms with van der Waals surface area (Å²) in [6.07, 6.45) is 3.09. The summed E-state index contributed by atoms with van der Waals surface area (Å²) in [5.74, 6) is 0.467. The van der Waals surface area contributed by atoms with Crippen LogP contribution in [0.5, 0.6) is 0 Å². The lowest BCUT2D eigenvalue weighted by atomic mass is 10.0. The average molecular weight is 294 g/mol. The Labute approximate surface area is 124 Å². The number of carbonyl (C=O) groups excluding carboxylic acids is 2. The van der Waals surface area contributed by atoms with Crippen LogP contribution in [0, 0.1) is 5.92 Å². The van der Waals surface area contributed by atoms with E-state index in [1.54, 1.807) is 9.80 Å². The zero-order valence-corrected chi connectivity index (χ0v) is 12.5. The monoisotopic (exact) mass is 294 g/mol. The largest absolute Gasteiger partial charge is 0.446 e. The molecule has 0 aliphatic carbocycles. The Kier molecular flexibility index (Phi) is 4.95. The van der Waals surface area contributed by atoms with Gasteiger partial charge >= 0.3 is 0 Å². The summed E-state index contributed by atoms with van der Waals surface area (Å²) in [7, 11) is 0. The Hall–Kier alpha value is -1.89. The van der Waals surface area contributed by atoms with Gasteiger partial charge in [-0.3, -0.25) is 9.59 Å². The van der Waals surface area contributed by atoms with E-state index in [9.17, 15) is 9.59 Å². The van der Waals surface area contributed by atoms with Gasteiger partial charge in [-0.2, -0.15) is 0 Å². The molecule has 7 heteroatoms. The van der Waals surface area contributed by atoms with E-state index in [-0.39, 0.29) is 23.6 Å². The van der Waals surface area contributed by atoms with Crippen molar-refractivity contribution in [2.45, 2.75) is 26.3 Å². The number of nitrogens with two attached hydrogens (primary N) is 1. The fourth-order valence-electron chi connectivity index (χ4n) is 2.23. The van der Waals surface area contributed by atoms with E-state index in [1.807, 2.05) is 13.8 Å². The maximum absolute atomic E-state index is 12.3. The van der Waals surface area contributed by atoms with Crippen molar-refractivity contribution in [2.24, 2.45) is 11.7 Å². The van der Waals surface area contributed by atoms with Gasteiger partial charge in [-0.05, 0) is 5.92 Å². The van der Waals surface area contributed by atoms with Gasteiger partial charge in [0.2, 0.25) is 12.3 Å². The summed E-state index contributed by atoms with van der Waals surface area (Å²) in [5, 5.41) is 0. The molecule has 1 aliphatic rings. The van der Waals surface area contributed by atoms with Crippen LogP contribution in [0.1, 0.15) is 42.7 Å². The second-order valence-corrected chi connectivity index (χ2v) is 5.42. The van der Waals surface area contributed by atoms with Crippen LogP contribution in [-0.4, -0.2) is 53.3 Å². The first-order valence-corrected chi connectivity index (χ1v) is 7.26. The SMILES string of the molecule is CCC(C)C(N)c1nc(C(=O)N2CCN(C=O)CC2)co1. The van der Waals surface area contributed by atoms with Crippen LogP contribution >= 0.6 is 0 Å². The van der Waals surface area contributed by atoms with E-state index in [2.05, 4.69) is 4.98 Å². The molecule has 1 saturated heterocycles. The molecule has 2 heterocycles. The second-order valence-electron chi connectivity index (χ2n) is 5.42. The van der Waals surface area contributed by atoms with Gasteiger partial charge in [0.1, 0.15) is 6.26 Å². The predicted molar refractivity (Wildman–Crippen MR) is 76.4 cm³/mol. The highest BCUT2D eigenvalue weighted by molar-refractivity contribution is 5.92. The fourth-order valence-corrected chi connectivity index (χ4v) is 2.23. The standard InChI is InChI=1S/C14H22N4O3/c1-3-10(2)12(15)13-16-11(8-21-13)14(20)18-6-4-17(9-19)5-7-18/h8-10,12H,3-7,15H2,1-2H3. The van der Waals surface area contributed by atoms with Gasteiger partial charge in [0.15, 0.2) is 5.69 Å². The number of nitrogens with zero attached hydrogens (tertiary/aromatic N) is 3. The van der Waals surface area contributed by atoms with Crippen LogP contribution in [0.2, 0.25) is 0 Å². The van der Waals surface area contributed by atoms with E-state index >= 15 is 0 Å². The molecule has 7 nitrogen and oxygen atoms in total. The normalized spacial score (nSPS) is 18.4. The summed E-state index contributed by atoms with van der Waals surface area (Å²) < 4.78 is 5.35. The minimum atomic E-state index is -0.302. The molecule has 2 unspecified atom stereocenters. The molecule has 1 aliphatic heterocycles. The lowest BCUT2D eigenvalue weighted by Crippen LogP contribution is -2.48. The van der Waals surface area contributed by atoms with Crippen molar-refractivity contribution in [3.05, 3.63) is 17.8 Å². The minimum Gasteiger partial charge on any atom is -0.446 e. The maximum atomic E-state index is 12.3. The fraction of sp³-hybridized carbons (Fsp3) is 0.643. The number of amides is 2. The molecule has 21 heavy (non-hydrogen) atoms. The first-order valence-electron chi connectivity index (χ1n) is 7.26. The third-order valence-corrected chi connectivity index (χ3v) is 4.03. The Balaban J connectivity index is 2.01. The van der Waals surface area contributed by atoms with Gasteiger partial charge in [-0.1, -0.05) is 20.3 Å². The molecule has 0 radical (unpaired) electrons. The van der Waals surface area contributed by atoms with Crippen LogP contribution in [0.4, 0.5) is 0 Å². The molecule has 2 amide bonds. The van der Waals surface area contributed by atoms with E-state index in [0.717, 1.165) is 12.8 Å². The molecular weight excluding hydrogens is 272 g/mol. The molecule has 0 spiro atoms. The van der Waals surface area contributed by atoms with E-state index in [0.29, 0.717) is 32.1 Å². The third kappa shape index (κ3) is 3.41. The van der Waals surface area contributed by atoms with Crippen LogP contribution < -0.4 is 5.73 Å². The van der Waals surface area contributed by atoms with Crippen molar-refractivity contribution in [3.8, 4) is 0 Å². The molecule has 0 saturated carbocycles. The summed E-state index contributed by atoms with van der Waals surface area (Å²) in [4.78, 5) is 30.5. The first kappa shape index (κ1) is 15.5. The third-order valence-electron chi connectivity index (χ3n) is 4.03. The molecule has 2 rings (SSSR count). The molecule has 0 bridgehead atoms. The second kappa shape index (κ2) is 6.71. The number of hydrogen-bond donors (Lipinski definition) is 1. The summed E-state index contributed by atoms with van der Waals surface area (Å²) >= 11 is 0. The number of rotatable bonds is 5. The van der Waals surface area contributed by atoms with Gasteiger partial charge in [0.05, 0.1) is 6.04 Å². The molecule has 116 valence electrons. The van der Waals surface area contributed by atoms with Crippen LogP contribution in [0.3, 0.4) is 0 Å². The van der Waals surface area contributed by atoms with Gasteiger partial charge < -0.3 is 20.0 Å². The van der Waals surface area contributed by atoms with Gasteiger partial charge in [-0.25, -0.2) is 4.98 Å². The molecular formula is C14H22N4O3. The van der Waals surface area contributed by atoms with Crippen LogP contribution in [0.15, 0.2) is 10.7 Å². The Morgan fingerprint density at radius 2 is 2.14 bits per heavy atom. The van der Waals surface area contributed by atoms with Gasteiger partial charge in [0, 0.05) is 26.2 Å². The van der Waals surface area contributed by atoms with Crippen LogP contribution in [0.25, 0.3) is 0 Å². The van der Waals surface area contributed by atoms with Crippen molar-refractivity contribution in [2.75, 3.05) is 26.2 Å². The summed E-state index contributed by atoms with van der Waals surface area (Å²) in [6, 6.07) is -0.302. The maximum Gasteiger partial charge on any atom is 0.275 e. The Morgan fingerprint density at radius 3 is 2.71 bits per heavy atom. The summed E-state index contributed by atoms with van der Waals surface area (Å²) in [5.41, 5.74) is 6.33. The zero-order valence-electron chi connectivity index (χ0n) is 12.5. The minimum absolute atomic E-state index is 0.174. The zero-order chi connectivity index (χ0) is 15.4. The molecule has 1 fully saturated rings. The van der Waals surface area contributed by atoms with Gasteiger partial charge in [-0.15, -0.1) is 0 Å². The quantitative estimate of drug-likeness (QED) is 0.804. The van der Waals surface area contributed by atoms with Crippen molar-refractivity contribution >= 4 is 12.3 Å². The molecule has 2 atom stereocenters. The van der Waals surface area contributed by atoms with Crippen molar-refractivity contribution in [1.82, 2.24) is 14.8 Å². The van der Waals surface area contributed by atoms with Gasteiger partial charge in [0.25, 0.3) is 5.91 Å². The number of aromatic nitrogens is 1. The average Bonchev–Trinajstić information content (AvgIpc) is 3.02. The first-order chi connectivity index (χ1) is 10.1. The topological polar surface area (TPSA) is 92.7 Å². The lowest BCUT2D eigenvalue weighted by molar-refractivity contribution is -0.119. The highest BCUT2D eigenvalue weighted by atomic mass is 16.3. The van der Waals surface area contributed by atoms with Crippen LogP contribution in [-0.2, 0) is 4.79 Å². The van der Waals surface area contributed by atoms with Crippen molar-refractivity contribution in [3.63, 3.8) is 0 Å².